The van der Waals surface area contributed by atoms with Gasteiger partial charge in [-0.3, -0.25) is 0 Å². The van der Waals surface area contributed by atoms with Gasteiger partial charge in [-0.05, 0) is 24.3 Å². The van der Waals surface area contributed by atoms with Crippen molar-refractivity contribution in [3.05, 3.63) is 84.1 Å². The van der Waals surface area contributed by atoms with Gasteiger partial charge in [0.25, 0.3) is 0 Å². The van der Waals surface area contributed by atoms with Gasteiger partial charge in [0, 0.05) is 32.7 Å². The van der Waals surface area contributed by atoms with Crippen LogP contribution in [0.3, 0.4) is 0 Å². The van der Waals surface area contributed by atoms with Crippen LogP contribution < -0.4 is 4.57 Å². The number of hydrogen-bond acceptors (Lipinski definition) is 1. The van der Waals surface area contributed by atoms with Gasteiger partial charge in [0.2, 0.25) is 0 Å². The zero-order chi connectivity index (χ0) is 15.4. The summed E-state index contributed by atoms with van der Waals surface area (Å²) < 4.78 is 1.98. The molecule has 1 radical (unpaired) electrons. The third kappa shape index (κ3) is 4.43. The molecule has 0 spiro atoms. The normalized spacial score (nSPS) is 10.5. The van der Waals surface area contributed by atoms with Gasteiger partial charge in [0.1, 0.15) is 12.7 Å². The molecule has 0 saturated heterocycles. The number of aromatic nitrogens is 1. The molecule has 0 amide bonds. The van der Waals surface area contributed by atoms with E-state index >= 15 is 0 Å². The molecule has 0 N–H and O–H groups in total. The standard InChI is InChI=1S/C20H17N2.Y/c1-16-8-6-7-11-19(16)20-13-12-18(15-22(20)2)21-14-17-9-4-3-5-10-17;/h3-13H,1-2H3;/q-1;. The van der Waals surface area contributed by atoms with Crippen LogP contribution in [-0.2, 0) is 39.8 Å². The van der Waals surface area contributed by atoms with Crippen LogP contribution in [0.1, 0.15) is 11.1 Å². The minimum atomic E-state index is 0. The molecule has 3 aromatic rings. The van der Waals surface area contributed by atoms with E-state index in [0.717, 1.165) is 16.9 Å². The Hall–Kier alpha value is -1.64. The molecule has 0 aliphatic heterocycles. The van der Waals surface area contributed by atoms with E-state index in [4.69, 9.17) is 0 Å². The summed E-state index contributed by atoms with van der Waals surface area (Å²) in [6.45, 7) is 2.12. The van der Waals surface area contributed by atoms with Gasteiger partial charge >= 0.3 is 0 Å². The molecular formula is C20H17N2Y-. The Morgan fingerprint density at radius 1 is 0.913 bits per heavy atom. The summed E-state index contributed by atoms with van der Waals surface area (Å²) in [5.41, 5.74) is 5.31. The topological polar surface area (TPSA) is 16.2 Å². The van der Waals surface area contributed by atoms with Crippen molar-refractivity contribution in [3.8, 4) is 11.3 Å². The van der Waals surface area contributed by atoms with E-state index in [0.29, 0.717) is 0 Å². The Morgan fingerprint density at radius 2 is 1.61 bits per heavy atom. The summed E-state index contributed by atoms with van der Waals surface area (Å²) in [7, 11) is 1.99. The quantitative estimate of drug-likeness (QED) is 0.376. The van der Waals surface area contributed by atoms with Crippen LogP contribution in [0.5, 0.6) is 0 Å². The summed E-state index contributed by atoms with van der Waals surface area (Å²) in [6.07, 6.45) is 6.30. The molecule has 1 aromatic heterocycles. The van der Waals surface area contributed by atoms with Crippen LogP contribution in [0.15, 0.2) is 71.7 Å². The molecule has 2 aromatic carbocycles. The van der Waals surface area contributed by atoms with Crippen molar-refractivity contribution in [2.24, 2.45) is 12.0 Å². The van der Waals surface area contributed by atoms with Crippen LogP contribution in [0, 0.1) is 13.1 Å². The first-order chi connectivity index (χ1) is 10.7. The monoisotopic (exact) mass is 374 g/mol. The Labute approximate surface area is 162 Å². The third-order valence-electron chi connectivity index (χ3n) is 3.54. The summed E-state index contributed by atoms with van der Waals surface area (Å²) in [5, 5.41) is 0. The number of aryl methyl sites for hydroxylation is 2. The van der Waals surface area contributed by atoms with Crippen LogP contribution in [0.4, 0.5) is 5.69 Å². The Kier molecular flexibility index (Phi) is 6.38. The van der Waals surface area contributed by atoms with E-state index < -0.39 is 0 Å². The number of pyridine rings is 1. The average molecular weight is 374 g/mol. The second-order valence-corrected chi connectivity index (χ2v) is 5.18. The smallest absolute Gasteiger partial charge is 0.115 e. The van der Waals surface area contributed by atoms with E-state index in [1.54, 1.807) is 0 Å². The van der Waals surface area contributed by atoms with Crippen molar-refractivity contribution in [1.29, 1.82) is 0 Å². The maximum atomic E-state index is 4.37. The van der Waals surface area contributed by atoms with E-state index in [9.17, 15) is 0 Å². The Balaban J connectivity index is 0.00000192. The van der Waals surface area contributed by atoms with Gasteiger partial charge in [0.15, 0.2) is 0 Å². The molecule has 3 rings (SSSR count). The summed E-state index contributed by atoms with van der Waals surface area (Å²) >= 11 is 0. The molecule has 23 heavy (non-hydrogen) atoms. The molecule has 0 aliphatic rings. The SMILES string of the molecule is Cc1ccccc1-c1ccc(N=[C-]c2ccccc2)[c-][n+]1C.[Y]. The van der Waals surface area contributed by atoms with Gasteiger partial charge in [-0.25, -0.2) is 0 Å². The first-order valence-electron chi connectivity index (χ1n) is 7.24. The molecular weight excluding hydrogens is 357 g/mol. The fourth-order valence-electron chi connectivity index (χ4n) is 2.37. The maximum absolute atomic E-state index is 4.37. The molecule has 0 saturated carbocycles. The average Bonchev–Trinajstić information content (AvgIpc) is 2.55. The molecule has 0 bridgehead atoms. The number of aliphatic imine (C=N–C) groups is 1. The molecule has 0 unspecified atom stereocenters. The van der Waals surface area contributed by atoms with Crippen molar-refractivity contribution in [2.75, 3.05) is 0 Å². The van der Waals surface area contributed by atoms with Crippen molar-refractivity contribution in [1.82, 2.24) is 0 Å². The van der Waals surface area contributed by atoms with Crippen LogP contribution in [-0.4, -0.2) is 6.21 Å². The molecule has 111 valence electrons. The largest absolute Gasteiger partial charge is 0.372 e. The first-order valence-corrected chi connectivity index (χ1v) is 7.24. The third-order valence-corrected chi connectivity index (χ3v) is 3.54. The minimum Gasteiger partial charge on any atom is -0.372 e. The second kappa shape index (κ2) is 8.28. The molecule has 1 heterocycles. The Bertz CT molecular complexity index is 811. The predicted molar refractivity (Wildman–Crippen MR) is 89.3 cm³/mol. The maximum Gasteiger partial charge on any atom is 0.115 e. The van der Waals surface area contributed by atoms with Crippen LogP contribution in [0.2, 0.25) is 0 Å². The van der Waals surface area contributed by atoms with Crippen molar-refractivity contribution < 1.29 is 37.3 Å². The number of nitrogens with zero attached hydrogens (tertiary/aromatic N) is 2. The van der Waals surface area contributed by atoms with E-state index in [-0.39, 0.29) is 32.7 Å². The van der Waals surface area contributed by atoms with E-state index in [2.05, 4.69) is 54.7 Å². The molecule has 3 heteroatoms. The second-order valence-electron chi connectivity index (χ2n) is 5.18. The molecule has 0 aliphatic carbocycles. The van der Waals surface area contributed by atoms with Gasteiger partial charge in [-0.1, -0.05) is 36.0 Å². The fourth-order valence-corrected chi connectivity index (χ4v) is 2.37. The summed E-state index contributed by atoms with van der Waals surface area (Å²) in [4.78, 5) is 4.37. The van der Waals surface area contributed by atoms with Gasteiger partial charge in [-0.2, -0.15) is 6.07 Å². The predicted octanol–water partition coefficient (Wildman–Crippen LogP) is 3.91. The van der Waals surface area contributed by atoms with E-state index in [1.807, 2.05) is 48.0 Å². The number of rotatable bonds is 3. The first kappa shape index (κ1) is 17.7. The van der Waals surface area contributed by atoms with Crippen molar-refractivity contribution in [3.63, 3.8) is 0 Å². The summed E-state index contributed by atoms with van der Waals surface area (Å²) in [6, 6.07) is 22.3. The van der Waals surface area contributed by atoms with Gasteiger partial charge in [0.05, 0.1) is 6.20 Å². The van der Waals surface area contributed by atoms with E-state index in [1.165, 1.54) is 11.1 Å². The van der Waals surface area contributed by atoms with Crippen molar-refractivity contribution in [2.45, 2.75) is 6.92 Å². The molecule has 2 nitrogen and oxygen atoms in total. The van der Waals surface area contributed by atoms with Gasteiger partial charge < -0.3 is 9.56 Å². The molecule has 0 atom stereocenters. The van der Waals surface area contributed by atoms with Crippen LogP contribution >= 0.6 is 0 Å². The minimum absolute atomic E-state index is 0. The van der Waals surface area contributed by atoms with Gasteiger partial charge in [-0.15, -0.1) is 35.9 Å². The fraction of sp³-hybridized carbons (Fsp3) is 0.100. The summed E-state index contributed by atoms with van der Waals surface area (Å²) in [5.74, 6) is 0. The van der Waals surface area contributed by atoms with Crippen molar-refractivity contribution >= 4 is 11.9 Å². The number of hydrogen-bond donors (Lipinski definition) is 0. The Morgan fingerprint density at radius 3 is 2.30 bits per heavy atom. The molecule has 0 fully saturated rings. The van der Waals surface area contributed by atoms with Crippen LogP contribution in [0.25, 0.3) is 11.3 Å². The number of benzene rings is 2. The zero-order valence-electron chi connectivity index (χ0n) is 13.3. The zero-order valence-corrected chi connectivity index (χ0v) is 16.2.